The van der Waals surface area contributed by atoms with E-state index in [0.717, 1.165) is 55.3 Å². The van der Waals surface area contributed by atoms with E-state index >= 15 is 0 Å². The van der Waals surface area contributed by atoms with E-state index in [4.69, 9.17) is 14.7 Å². The van der Waals surface area contributed by atoms with Gasteiger partial charge in [0.15, 0.2) is 0 Å². The molecule has 0 aromatic carbocycles. The van der Waals surface area contributed by atoms with Gasteiger partial charge in [-0.1, -0.05) is 6.92 Å². The van der Waals surface area contributed by atoms with Gasteiger partial charge in [-0.2, -0.15) is 9.97 Å². The molecule has 9 nitrogen and oxygen atoms in total. The first kappa shape index (κ1) is 21.1. The van der Waals surface area contributed by atoms with Gasteiger partial charge in [0.05, 0.1) is 6.10 Å². The number of rotatable bonds is 7. The van der Waals surface area contributed by atoms with Crippen molar-refractivity contribution in [2.45, 2.75) is 32.3 Å². The Kier molecular flexibility index (Phi) is 6.03. The molecule has 4 aromatic heterocycles. The van der Waals surface area contributed by atoms with Crippen molar-refractivity contribution in [2.75, 3.05) is 35.7 Å². The Bertz CT molecular complexity index is 1230. The predicted molar refractivity (Wildman–Crippen MR) is 130 cm³/mol. The van der Waals surface area contributed by atoms with Crippen LogP contribution in [0, 0.1) is 0 Å². The van der Waals surface area contributed by atoms with Gasteiger partial charge < -0.3 is 24.7 Å². The molecule has 5 rings (SSSR count). The van der Waals surface area contributed by atoms with Gasteiger partial charge in [0, 0.05) is 62.8 Å². The Balaban J connectivity index is 1.45. The molecular formula is C24H28N8O. The van der Waals surface area contributed by atoms with Gasteiger partial charge in [0.1, 0.15) is 23.1 Å². The van der Waals surface area contributed by atoms with E-state index in [9.17, 15) is 0 Å². The van der Waals surface area contributed by atoms with E-state index in [1.54, 1.807) is 19.5 Å². The molecule has 0 unspecified atom stereocenters. The van der Waals surface area contributed by atoms with Crippen molar-refractivity contribution in [3.63, 3.8) is 0 Å². The van der Waals surface area contributed by atoms with Crippen LogP contribution in [-0.4, -0.2) is 50.6 Å². The molecule has 33 heavy (non-hydrogen) atoms. The second-order valence-electron chi connectivity index (χ2n) is 8.12. The number of piperidine rings is 1. The molecule has 0 spiro atoms. The molecule has 0 saturated carbocycles. The number of imidazole rings is 1. The Morgan fingerprint density at radius 1 is 0.970 bits per heavy atom. The number of anilines is 5. The third-order valence-corrected chi connectivity index (χ3v) is 5.95. The number of pyridine rings is 2. The molecule has 0 bridgehead atoms. The molecule has 9 heteroatoms. The summed E-state index contributed by atoms with van der Waals surface area (Å²) in [6, 6.07) is 10.0. The first-order valence-electron chi connectivity index (χ1n) is 11.3. The summed E-state index contributed by atoms with van der Waals surface area (Å²) in [5.74, 6) is 2.82. The van der Waals surface area contributed by atoms with Crippen LogP contribution in [0.4, 0.5) is 29.1 Å². The normalized spacial score (nSPS) is 14.5. The fraction of sp³-hybridized carbons (Fsp3) is 0.333. The van der Waals surface area contributed by atoms with Crippen LogP contribution in [-0.2, 0) is 11.2 Å². The maximum atomic E-state index is 5.53. The number of aromatic nitrogens is 5. The van der Waals surface area contributed by atoms with Gasteiger partial charge in [-0.25, -0.2) is 9.97 Å². The van der Waals surface area contributed by atoms with E-state index in [-0.39, 0.29) is 0 Å². The van der Waals surface area contributed by atoms with Crippen LogP contribution in [0.5, 0.6) is 0 Å². The molecule has 0 radical (unpaired) electrons. The fourth-order valence-corrected chi connectivity index (χ4v) is 4.05. The standard InChI is InChI=1S/C24H28N8O/c1-3-17-4-8-25-20(14-17)28-24-29-21(27-18-5-10-32-13-9-26-22(32)15-18)16-23(30-24)31-11-6-19(33-2)7-12-31/h4-5,8-10,13-16,19H,3,6-7,11-12H2,1-2H3,(H2,25,27,28,29,30). The quantitative estimate of drug-likeness (QED) is 0.439. The molecule has 0 aliphatic carbocycles. The Hall–Kier alpha value is -3.72. The molecule has 1 fully saturated rings. The number of ether oxygens (including phenoxy) is 1. The molecule has 170 valence electrons. The van der Waals surface area contributed by atoms with Crippen molar-refractivity contribution in [1.82, 2.24) is 24.3 Å². The summed E-state index contributed by atoms with van der Waals surface area (Å²) in [6.07, 6.45) is 10.7. The van der Waals surface area contributed by atoms with Crippen molar-refractivity contribution in [3.05, 3.63) is 60.7 Å². The molecular weight excluding hydrogens is 416 g/mol. The lowest BCUT2D eigenvalue weighted by atomic mass is 10.1. The average molecular weight is 445 g/mol. The predicted octanol–water partition coefficient (Wildman–Crippen LogP) is 4.18. The number of nitrogens with one attached hydrogen (secondary N) is 2. The van der Waals surface area contributed by atoms with Crippen LogP contribution < -0.4 is 15.5 Å². The third kappa shape index (κ3) is 4.88. The Morgan fingerprint density at radius 3 is 2.67 bits per heavy atom. The summed E-state index contributed by atoms with van der Waals surface area (Å²) < 4.78 is 7.50. The fourth-order valence-electron chi connectivity index (χ4n) is 4.05. The van der Waals surface area contributed by atoms with Crippen molar-refractivity contribution in [1.29, 1.82) is 0 Å². The van der Waals surface area contributed by atoms with Crippen LogP contribution in [0.25, 0.3) is 5.65 Å². The smallest absolute Gasteiger partial charge is 0.232 e. The van der Waals surface area contributed by atoms with E-state index in [1.165, 1.54) is 5.56 Å². The molecule has 2 N–H and O–H groups in total. The van der Waals surface area contributed by atoms with Gasteiger partial charge in [-0.15, -0.1) is 0 Å². The van der Waals surface area contributed by atoms with Crippen molar-refractivity contribution >= 4 is 34.7 Å². The monoisotopic (exact) mass is 444 g/mol. The molecule has 0 atom stereocenters. The summed E-state index contributed by atoms with van der Waals surface area (Å²) in [4.78, 5) is 20.6. The van der Waals surface area contributed by atoms with E-state index in [1.807, 2.05) is 47.1 Å². The van der Waals surface area contributed by atoms with E-state index < -0.39 is 0 Å². The minimum atomic E-state index is 0.306. The van der Waals surface area contributed by atoms with Crippen LogP contribution in [0.15, 0.2) is 55.1 Å². The lowest BCUT2D eigenvalue weighted by Crippen LogP contribution is -2.37. The van der Waals surface area contributed by atoms with E-state index in [2.05, 4.69) is 32.4 Å². The maximum absolute atomic E-state index is 5.53. The van der Waals surface area contributed by atoms with Crippen LogP contribution in [0.3, 0.4) is 0 Å². The molecule has 1 aliphatic heterocycles. The molecule has 4 aromatic rings. The molecule has 0 amide bonds. The van der Waals surface area contributed by atoms with Gasteiger partial charge in [-0.05, 0) is 43.0 Å². The second kappa shape index (κ2) is 9.41. The number of hydrogen-bond donors (Lipinski definition) is 2. The van der Waals surface area contributed by atoms with Crippen LogP contribution in [0.1, 0.15) is 25.3 Å². The maximum Gasteiger partial charge on any atom is 0.232 e. The lowest BCUT2D eigenvalue weighted by Gasteiger charge is -2.32. The number of methoxy groups -OCH3 is 1. The minimum absolute atomic E-state index is 0.306. The summed E-state index contributed by atoms with van der Waals surface area (Å²) >= 11 is 0. The van der Waals surface area contributed by atoms with Gasteiger partial charge >= 0.3 is 0 Å². The van der Waals surface area contributed by atoms with Gasteiger partial charge in [0.25, 0.3) is 0 Å². The number of aryl methyl sites for hydroxylation is 1. The molecule has 5 heterocycles. The van der Waals surface area contributed by atoms with E-state index in [0.29, 0.717) is 17.9 Å². The SMILES string of the molecule is CCc1ccnc(Nc2nc(Nc3ccn4ccnc4c3)cc(N3CCC(OC)CC3)n2)c1. The molecule has 1 aliphatic rings. The summed E-state index contributed by atoms with van der Waals surface area (Å²) in [7, 11) is 1.78. The van der Waals surface area contributed by atoms with Crippen molar-refractivity contribution in [2.24, 2.45) is 0 Å². The highest BCUT2D eigenvalue weighted by Crippen LogP contribution is 2.26. The Morgan fingerprint density at radius 2 is 1.85 bits per heavy atom. The van der Waals surface area contributed by atoms with Gasteiger partial charge in [-0.3, -0.25) is 0 Å². The summed E-state index contributed by atoms with van der Waals surface area (Å²) in [5, 5.41) is 6.71. The highest BCUT2D eigenvalue weighted by molar-refractivity contribution is 5.65. The average Bonchev–Trinajstić information content (AvgIpc) is 3.32. The zero-order valence-electron chi connectivity index (χ0n) is 18.9. The first-order chi connectivity index (χ1) is 16.2. The lowest BCUT2D eigenvalue weighted by molar-refractivity contribution is 0.0818. The van der Waals surface area contributed by atoms with Crippen molar-refractivity contribution in [3.8, 4) is 0 Å². The largest absolute Gasteiger partial charge is 0.381 e. The highest BCUT2D eigenvalue weighted by atomic mass is 16.5. The summed E-state index contributed by atoms with van der Waals surface area (Å²) in [5.41, 5.74) is 2.99. The zero-order chi connectivity index (χ0) is 22.6. The van der Waals surface area contributed by atoms with Crippen LogP contribution in [0.2, 0.25) is 0 Å². The summed E-state index contributed by atoms with van der Waals surface area (Å²) in [6.45, 7) is 3.90. The zero-order valence-corrected chi connectivity index (χ0v) is 18.9. The molecule has 1 saturated heterocycles. The topological polar surface area (TPSA) is 92.5 Å². The minimum Gasteiger partial charge on any atom is -0.381 e. The highest BCUT2D eigenvalue weighted by Gasteiger charge is 2.21. The number of fused-ring (bicyclic) bond motifs is 1. The van der Waals surface area contributed by atoms with Gasteiger partial charge in [0.2, 0.25) is 5.95 Å². The van der Waals surface area contributed by atoms with Crippen LogP contribution >= 0.6 is 0 Å². The number of hydrogen-bond acceptors (Lipinski definition) is 8. The third-order valence-electron chi connectivity index (χ3n) is 5.95. The Labute approximate surface area is 192 Å². The van der Waals surface area contributed by atoms with Crippen molar-refractivity contribution < 1.29 is 4.74 Å². The number of nitrogens with zero attached hydrogens (tertiary/aromatic N) is 6. The first-order valence-corrected chi connectivity index (χ1v) is 11.3. The second-order valence-corrected chi connectivity index (χ2v) is 8.12.